The van der Waals surface area contributed by atoms with Crippen molar-refractivity contribution in [2.45, 2.75) is 26.8 Å². The van der Waals surface area contributed by atoms with Gasteiger partial charge < -0.3 is 5.32 Å². The Morgan fingerprint density at radius 3 is 2.42 bits per heavy atom. The van der Waals surface area contributed by atoms with Gasteiger partial charge in [0, 0.05) is 13.0 Å². The third-order valence-corrected chi connectivity index (χ3v) is 2.63. The monoisotopic (exact) mass is 258 g/mol. The smallest absolute Gasteiger partial charge is 0.245 e. The maximum Gasteiger partial charge on any atom is 0.245 e. The number of nitrogens with one attached hydrogen (secondary N) is 1. The average molecular weight is 258 g/mol. The fourth-order valence-electron chi connectivity index (χ4n) is 1.68. The van der Waals surface area contributed by atoms with Crippen molar-refractivity contribution < 1.29 is 9.59 Å². The molecule has 0 unspecified atom stereocenters. The first-order chi connectivity index (χ1) is 9.04. The van der Waals surface area contributed by atoms with Crippen molar-refractivity contribution in [2.75, 3.05) is 0 Å². The zero-order valence-electron chi connectivity index (χ0n) is 11.2. The van der Waals surface area contributed by atoms with Crippen LogP contribution in [0.2, 0.25) is 0 Å². The lowest BCUT2D eigenvalue weighted by Gasteiger charge is -2.10. The summed E-state index contributed by atoms with van der Waals surface area (Å²) in [5.74, 6) is -1.89. The van der Waals surface area contributed by atoms with Crippen molar-refractivity contribution in [3.8, 4) is 6.07 Å². The highest BCUT2D eigenvalue weighted by Gasteiger charge is 2.26. The number of nitriles is 1. The molecule has 1 atom stereocenters. The number of amides is 1. The summed E-state index contributed by atoms with van der Waals surface area (Å²) in [6.45, 7) is 4.09. The number of rotatable bonds is 6. The van der Waals surface area contributed by atoms with Crippen LogP contribution in [0.3, 0.4) is 0 Å². The van der Waals surface area contributed by atoms with Crippen molar-refractivity contribution in [3.63, 3.8) is 0 Å². The van der Waals surface area contributed by atoms with Crippen LogP contribution in [0.15, 0.2) is 30.3 Å². The number of carbonyl (C=O) groups is 2. The Hall–Kier alpha value is -2.15. The second-order valence-corrected chi connectivity index (χ2v) is 4.83. The van der Waals surface area contributed by atoms with Crippen LogP contribution in [-0.4, -0.2) is 11.7 Å². The molecule has 0 bridgehead atoms. The van der Waals surface area contributed by atoms with Crippen LogP contribution in [0.4, 0.5) is 0 Å². The Labute approximate surface area is 113 Å². The van der Waals surface area contributed by atoms with Gasteiger partial charge in [0.15, 0.2) is 11.7 Å². The number of ketones is 1. The lowest BCUT2D eigenvalue weighted by molar-refractivity contribution is -0.132. The highest BCUT2D eigenvalue weighted by molar-refractivity contribution is 6.03. The van der Waals surface area contributed by atoms with E-state index < -0.39 is 11.8 Å². The minimum absolute atomic E-state index is 0.144. The number of hydrogen-bond donors (Lipinski definition) is 1. The molecule has 1 aromatic rings. The Morgan fingerprint density at radius 1 is 1.26 bits per heavy atom. The molecule has 4 nitrogen and oxygen atoms in total. The van der Waals surface area contributed by atoms with Crippen molar-refractivity contribution in [2.24, 2.45) is 11.8 Å². The SMILES string of the molecule is CC(C)CC(=O)[C@H](C#N)C(=O)NCc1ccccc1. The van der Waals surface area contributed by atoms with E-state index in [2.05, 4.69) is 5.32 Å². The summed E-state index contributed by atoms with van der Waals surface area (Å²) in [6, 6.07) is 11.1. The molecule has 0 fully saturated rings. The van der Waals surface area contributed by atoms with Crippen molar-refractivity contribution in [1.82, 2.24) is 5.32 Å². The largest absolute Gasteiger partial charge is 0.350 e. The highest BCUT2D eigenvalue weighted by Crippen LogP contribution is 2.08. The van der Waals surface area contributed by atoms with Gasteiger partial charge in [-0.2, -0.15) is 5.26 Å². The molecular formula is C15H18N2O2. The highest BCUT2D eigenvalue weighted by atomic mass is 16.2. The predicted molar refractivity (Wildman–Crippen MR) is 71.9 cm³/mol. The third-order valence-electron chi connectivity index (χ3n) is 2.63. The Morgan fingerprint density at radius 2 is 1.89 bits per heavy atom. The number of Topliss-reactive ketones (excluding diaryl/α,β-unsaturated/α-hetero) is 1. The topological polar surface area (TPSA) is 70.0 Å². The van der Waals surface area contributed by atoms with Gasteiger partial charge >= 0.3 is 0 Å². The molecule has 0 aromatic heterocycles. The van der Waals surface area contributed by atoms with E-state index in [0.29, 0.717) is 6.54 Å². The lowest BCUT2D eigenvalue weighted by atomic mass is 9.96. The van der Waals surface area contributed by atoms with E-state index in [9.17, 15) is 9.59 Å². The molecule has 19 heavy (non-hydrogen) atoms. The molecule has 100 valence electrons. The van der Waals surface area contributed by atoms with E-state index >= 15 is 0 Å². The first kappa shape index (κ1) is 14.9. The molecule has 0 radical (unpaired) electrons. The summed E-state index contributed by atoms with van der Waals surface area (Å²) >= 11 is 0. The van der Waals surface area contributed by atoms with E-state index in [1.807, 2.05) is 44.2 Å². The van der Waals surface area contributed by atoms with Crippen molar-refractivity contribution >= 4 is 11.7 Å². The van der Waals surface area contributed by atoms with Crippen LogP contribution in [0.25, 0.3) is 0 Å². The van der Waals surface area contributed by atoms with E-state index in [0.717, 1.165) is 5.56 Å². The molecule has 1 N–H and O–H groups in total. The van der Waals surface area contributed by atoms with Crippen LogP contribution in [0.1, 0.15) is 25.8 Å². The Kier molecular flexibility index (Phi) is 5.74. The zero-order valence-corrected chi connectivity index (χ0v) is 11.2. The van der Waals surface area contributed by atoms with Crippen molar-refractivity contribution in [3.05, 3.63) is 35.9 Å². The van der Waals surface area contributed by atoms with Gasteiger partial charge in [-0.25, -0.2) is 0 Å². The van der Waals surface area contributed by atoms with Gasteiger partial charge in [-0.05, 0) is 11.5 Å². The van der Waals surface area contributed by atoms with Gasteiger partial charge in [0.1, 0.15) is 0 Å². The second kappa shape index (κ2) is 7.32. The summed E-state index contributed by atoms with van der Waals surface area (Å²) in [5, 5.41) is 11.6. The molecule has 1 aromatic carbocycles. The molecule has 0 aliphatic rings. The maximum atomic E-state index is 11.8. The first-order valence-electron chi connectivity index (χ1n) is 6.28. The molecule has 0 saturated heterocycles. The molecule has 0 spiro atoms. The summed E-state index contributed by atoms with van der Waals surface area (Å²) < 4.78 is 0. The molecule has 0 heterocycles. The standard InChI is InChI=1S/C15H18N2O2/c1-11(2)8-14(18)13(9-16)15(19)17-10-12-6-4-3-5-7-12/h3-7,11,13H,8,10H2,1-2H3,(H,17,19)/t13-/m0/s1. The van der Waals surface area contributed by atoms with Crippen LogP contribution < -0.4 is 5.32 Å². The van der Waals surface area contributed by atoms with Crippen LogP contribution in [-0.2, 0) is 16.1 Å². The van der Waals surface area contributed by atoms with E-state index in [1.54, 1.807) is 6.07 Å². The molecular weight excluding hydrogens is 240 g/mol. The maximum absolute atomic E-state index is 11.8. The van der Waals surface area contributed by atoms with E-state index in [1.165, 1.54) is 0 Å². The number of benzene rings is 1. The molecule has 1 amide bonds. The Balaban J connectivity index is 2.56. The average Bonchev–Trinajstić information content (AvgIpc) is 2.37. The molecule has 0 aliphatic heterocycles. The number of carbonyl (C=O) groups excluding carboxylic acids is 2. The second-order valence-electron chi connectivity index (χ2n) is 4.83. The summed E-state index contributed by atoms with van der Waals surface area (Å²) in [7, 11) is 0. The number of hydrogen-bond acceptors (Lipinski definition) is 3. The van der Waals surface area contributed by atoms with Crippen LogP contribution in [0, 0.1) is 23.2 Å². The van der Waals surface area contributed by atoms with E-state index in [4.69, 9.17) is 5.26 Å². The minimum atomic E-state index is -1.20. The van der Waals surface area contributed by atoms with Gasteiger partial charge in [-0.1, -0.05) is 44.2 Å². The van der Waals surface area contributed by atoms with Crippen molar-refractivity contribution in [1.29, 1.82) is 5.26 Å². The first-order valence-corrected chi connectivity index (χ1v) is 6.28. The van der Waals surface area contributed by atoms with Gasteiger partial charge in [0.05, 0.1) is 6.07 Å². The van der Waals surface area contributed by atoms with Crippen LogP contribution >= 0.6 is 0 Å². The fourth-order valence-corrected chi connectivity index (χ4v) is 1.68. The predicted octanol–water partition coefficient (Wildman–Crippen LogP) is 2.06. The molecule has 0 saturated carbocycles. The van der Waals surface area contributed by atoms with Gasteiger partial charge in [-0.3, -0.25) is 9.59 Å². The summed E-state index contributed by atoms with van der Waals surface area (Å²) in [6.07, 6.45) is 0.247. The van der Waals surface area contributed by atoms with Gasteiger partial charge in [0.2, 0.25) is 5.91 Å². The Bertz CT molecular complexity index is 475. The quantitative estimate of drug-likeness (QED) is 0.794. The fraction of sp³-hybridized carbons (Fsp3) is 0.400. The van der Waals surface area contributed by atoms with Gasteiger partial charge in [0.25, 0.3) is 0 Å². The molecule has 1 rings (SSSR count). The lowest BCUT2D eigenvalue weighted by Crippen LogP contribution is -2.34. The van der Waals surface area contributed by atoms with Gasteiger partial charge in [-0.15, -0.1) is 0 Å². The summed E-state index contributed by atoms with van der Waals surface area (Å²) in [5.41, 5.74) is 0.934. The molecule has 0 aliphatic carbocycles. The normalized spacial score (nSPS) is 11.7. The molecule has 4 heteroatoms. The van der Waals surface area contributed by atoms with E-state index in [-0.39, 0.29) is 18.1 Å². The third kappa shape index (κ3) is 4.92. The summed E-state index contributed by atoms with van der Waals surface area (Å²) in [4.78, 5) is 23.6. The minimum Gasteiger partial charge on any atom is -0.350 e. The number of nitrogens with zero attached hydrogens (tertiary/aromatic N) is 1. The van der Waals surface area contributed by atoms with Crippen LogP contribution in [0.5, 0.6) is 0 Å². The zero-order chi connectivity index (χ0) is 14.3.